The quantitative estimate of drug-likeness (QED) is 0.107. The summed E-state index contributed by atoms with van der Waals surface area (Å²) in [6.45, 7) is 8.12. The number of aromatic nitrogens is 2. The van der Waals surface area contributed by atoms with Crippen molar-refractivity contribution in [1.82, 2.24) is 14.5 Å². The number of nitrogens with one attached hydrogen (secondary N) is 1. The normalized spacial score (nSPS) is 33.8. The molecule has 43 heavy (non-hydrogen) atoms. The summed E-state index contributed by atoms with van der Waals surface area (Å²) in [5, 5.41) is 48.5. The zero-order valence-electron chi connectivity index (χ0n) is 23.4. The van der Waals surface area contributed by atoms with E-state index >= 15 is 0 Å². The van der Waals surface area contributed by atoms with Crippen molar-refractivity contribution in [3.8, 4) is 0 Å². The van der Waals surface area contributed by atoms with Gasteiger partial charge in [0, 0.05) is 12.3 Å². The van der Waals surface area contributed by atoms with Gasteiger partial charge >= 0.3 is 21.3 Å². The zero-order valence-corrected chi connectivity index (χ0v) is 25.1. The number of hydrogen-bond donors (Lipinski definition) is 8. The first kappa shape index (κ1) is 37.7. The van der Waals surface area contributed by atoms with E-state index < -0.39 is 95.4 Å². The second-order valence-corrected chi connectivity index (χ2v) is 12.3. The van der Waals surface area contributed by atoms with Crippen molar-refractivity contribution in [2.24, 2.45) is 0 Å². The van der Waals surface area contributed by atoms with Gasteiger partial charge in [0.25, 0.3) is 5.56 Å². The van der Waals surface area contributed by atoms with Crippen LogP contribution in [-0.2, 0) is 32.0 Å². The van der Waals surface area contributed by atoms with E-state index in [1.165, 1.54) is 19.6 Å². The van der Waals surface area contributed by atoms with Gasteiger partial charge in [0.1, 0.15) is 36.6 Å². The lowest BCUT2D eigenvalue weighted by molar-refractivity contribution is -0.265. The van der Waals surface area contributed by atoms with Crippen LogP contribution >= 0.6 is 15.6 Å². The predicted octanol–water partition coefficient (Wildman–Crippen LogP) is -2.47. The van der Waals surface area contributed by atoms with Gasteiger partial charge in [-0.25, -0.2) is 18.3 Å². The minimum Gasteiger partial charge on any atom is -0.394 e. The van der Waals surface area contributed by atoms with Gasteiger partial charge in [0.15, 0.2) is 12.4 Å². The lowest BCUT2D eigenvalue weighted by Crippen LogP contribution is -2.57. The van der Waals surface area contributed by atoms with Crippen LogP contribution in [0.4, 0.5) is 4.39 Å². The van der Waals surface area contributed by atoms with E-state index in [-0.39, 0.29) is 0 Å². The van der Waals surface area contributed by atoms with E-state index in [0.717, 1.165) is 12.3 Å². The van der Waals surface area contributed by atoms with Crippen LogP contribution in [-0.4, -0.2) is 132 Å². The number of aliphatic hydroxyl groups is 5. The topological polar surface area (TPSA) is 280 Å². The molecule has 2 fully saturated rings. The maximum atomic E-state index is 14.1. The van der Waals surface area contributed by atoms with E-state index in [1.807, 2.05) is 4.98 Å². The summed E-state index contributed by atoms with van der Waals surface area (Å²) in [7, 11) is -11.2. The maximum Gasteiger partial charge on any atom is 0.483 e. The van der Waals surface area contributed by atoms with E-state index in [2.05, 4.69) is 39.0 Å². The first-order chi connectivity index (χ1) is 20.0. The summed E-state index contributed by atoms with van der Waals surface area (Å²) in [6, 6.07) is 0.919. The molecule has 3 heterocycles. The molecule has 1 aromatic rings. The molecule has 0 saturated carbocycles. The Bertz CT molecular complexity index is 1230. The van der Waals surface area contributed by atoms with Crippen LogP contribution in [0, 0.1) is 0 Å². The summed E-state index contributed by atoms with van der Waals surface area (Å²) < 4.78 is 61.7. The van der Waals surface area contributed by atoms with Gasteiger partial charge in [-0.1, -0.05) is 20.8 Å². The number of rotatable bonds is 12. The molecule has 0 aliphatic carbocycles. The summed E-state index contributed by atoms with van der Waals surface area (Å²) >= 11 is 0. The number of aromatic amines is 1. The highest BCUT2D eigenvalue weighted by Crippen LogP contribution is 2.61. The fraction of sp³-hybridized carbons (Fsp3) is 0.810. The molecule has 2 unspecified atom stereocenters. The SMILES string of the molecule is CCN(CC)CC.O=c1ccn([C@@H]2O[C@H](COP(=O)(O)OP(=O)(O)O[C@H]3O[C@H](CO)[C@H](O)[C@H](O)[C@H]3F)[C@@H](O)[C@H]2O)c(=O)[nH]1. The number of H-pyrrole nitrogens is 1. The largest absolute Gasteiger partial charge is 0.483 e. The number of alkyl halides is 1. The Morgan fingerprint density at radius 1 is 0.953 bits per heavy atom. The van der Waals surface area contributed by atoms with Crippen molar-refractivity contribution in [3.05, 3.63) is 33.1 Å². The molecule has 1 aromatic heterocycles. The fourth-order valence-electron chi connectivity index (χ4n) is 4.00. The number of ether oxygens (including phenoxy) is 2. The van der Waals surface area contributed by atoms with Crippen LogP contribution in [0.2, 0.25) is 0 Å². The van der Waals surface area contributed by atoms with E-state index in [1.54, 1.807) is 0 Å². The average molecular weight is 669 g/mol. The van der Waals surface area contributed by atoms with Crippen molar-refractivity contribution < 1.29 is 71.7 Å². The number of hydrogen-bond acceptors (Lipinski definition) is 15. The molecule has 8 N–H and O–H groups in total. The molecule has 3 rings (SSSR count). The van der Waals surface area contributed by atoms with Gasteiger partial charge in [-0.3, -0.25) is 23.4 Å². The Balaban J connectivity index is 0.000000821. The van der Waals surface area contributed by atoms with Crippen molar-refractivity contribution >= 4 is 15.6 Å². The highest BCUT2D eigenvalue weighted by atomic mass is 31.3. The van der Waals surface area contributed by atoms with Crippen molar-refractivity contribution in [2.45, 2.75) is 76.1 Å². The first-order valence-corrected chi connectivity index (χ1v) is 16.0. The van der Waals surface area contributed by atoms with Crippen LogP contribution in [0.3, 0.4) is 0 Å². The average Bonchev–Trinajstić information content (AvgIpc) is 3.21. The van der Waals surface area contributed by atoms with Gasteiger partial charge in [-0.15, -0.1) is 0 Å². The molecule has 2 aliphatic heterocycles. The summed E-state index contributed by atoms with van der Waals surface area (Å²) in [5.41, 5.74) is -1.76. The standard InChI is InChI=1S/C15H23FN2O16P2.C6H15N/c16-8-11(23)9(21)5(3-19)32-14(8)33-36(28,29)34-35(26,27)30-4-6-10(22)12(24)13(31-6)18-2-1-7(20)17-15(18)25;1-4-7(5-2)6-3/h1-2,5-6,8-14,19,21-24H,3-4H2,(H,26,27)(H,28,29)(H,17,20,25);4-6H2,1-3H3/t5-,6-,8-,9+,10-,11-,12-,13-,14-;/m1./s1. The Hall–Kier alpha value is -1.45. The van der Waals surface area contributed by atoms with Crippen LogP contribution in [0.25, 0.3) is 0 Å². The lowest BCUT2D eigenvalue weighted by Gasteiger charge is -2.38. The zero-order chi connectivity index (χ0) is 32.7. The Labute approximate surface area is 244 Å². The lowest BCUT2D eigenvalue weighted by atomic mass is 10.0. The maximum absolute atomic E-state index is 14.1. The molecule has 0 radical (unpaired) electrons. The highest BCUT2D eigenvalue weighted by molar-refractivity contribution is 7.61. The van der Waals surface area contributed by atoms with E-state index in [4.69, 9.17) is 14.6 Å². The van der Waals surface area contributed by atoms with Crippen molar-refractivity contribution in [1.29, 1.82) is 0 Å². The Morgan fingerprint density at radius 3 is 2.05 bits per heavy atom. The Kier molecular flexibility index (Phi) is 14.2. The third-order valence-electron chi connectivity index (χ3n) is 6.46. The molecular weight excluding hydrogens is 631 g/mol. The molecule has 11 atom stereocenters. The predicted molar refractivity (Wildman–Crippen MR) is 141 cm³/mol. The van der Waals surface area contributed by atoms with Gasteiger partial charge in [0.2, 0.25) is 6.29 Å². The molecule has 2 saturated heterocycles. The van der Waals surface area contributed by atoms with E-state index in [9.17, 15) is 53.3 Å². The first-order valence-electron chi connectivity index (χ1n) is 13.0. The number of nitrogens with zero attached hydrogens (tertiary/aromatic N) is 2. The molecule has 2 aliphatic rings. The molecule has 0 spiro atoms. The molecule has 0 bridgehead atoms. The second-order valence-electron chi connectivity index (χ2n) is 9.25. The molecule has 0 aromatic carbocycles. The summed E-state index contributed by atoms with van der Waals surface area (Å²) in [5.74, 6) is 0. The third kappa shape index (κ3) is 10.3. The highest BCUT2D eigenvalue weighted by Gasteiger charge is 2.50. The van der Waals surface area contributed by atoms with Gasteiger partial charge in [-0.2, -0.15) is 4.31 Å². The smallest absolute Gasteiger partial charge is 0.394 e. The van der Waals surface area contributed by atoms with Crippen LogP contribution in [0.1, 0.15) is 27.0 Å². The summed E-state index contributed by atoms with van der Waals surface area (Å²) in [6.07, 6.45) is -16.6. The minimum atomic E-state index is -5.67. The monoisotopic (exact) mass is 669 g/mol. The minimum absolute atomic E-state index is 0.711. The number of aliphatic hydroxyl groups excluding tert-OH is 5. The molecule has 0 amide bonds. The van der Waals surface area contributed by atoms with Crippen LogP contribution in [0.15, 0.2) is 21.9 Å². The van der Waals surface area contributed by atoms with Gasteiger partial charge < -0.3 is 49.7 Å². The second kappa shape index (κ2) is 16.2. The molecular formula is C21H38FN3O16P2. The molecule has 22 heteroatoms. The number of phosphoric acid groups is 2. The number of halogens is 1. The van der Waals surface area contributed by atoms with Crippen molar-refractivity contribution in [2.75, 3.05) is 32.8 Å². The molecule has 250 valence electrons. The van der Waals surface area contributed by atoms with Crippen molar-refractivity contribution in [3.63, 3.8) is 0 Å². The molecule has 19 nitrogen and oxygen atoms in total. The Morgan fingerprint density at radius 2 is 1.53 bits per heavy atom. The van der Waals surface area contributed by atoms with Crippen LogP contribution < -0.4 is 11.2 Å². The number of phosphoric ester groups is 2. The fourth-order valence-corrected chi connectivity index (χ4v) is 6.15. The third-order valence-corrected chi connectivity index (χ3v) is 9.06. The van der Waals surface area contributed by atoms with E-state index in [0.29, 0.717) is 4.57 Å². The van der Waals surface area contributed by atoms with Gasteiger partial charge in [0.05, 0.1) is 13.2 Å². The van der Waals surface area contributed by atoms with Gasteiger partial charge in [-0.05, 0) is 19.6 Å². The van der Waals surface area contributed by atoms with Crippen LogP contribution in [0.5, 0.6) is 0 Å². The summed E-state index contributed by atoms with van der Waals surface area (Å²) in [4.78, 5) is 46.8.